The molecule has 2 aromatic rings. The first-order valence-corrected chi connectivity index (χ1v) is 13.1. The number of allylic oxidation sites excluding steroid dienone is 1. The van der Waals surface area contributed by atoms with E-state index in [2.05, 4.69) is 22.2 Å². The van der Waals surface area contributed by atoms with Crippen LogP contribution in [0.25, 0.3) is 22.4 Å². The van der Waals surface area contributed by atoms with Crippen molar-refractivity contribution in [2.75, 3.05) is 23.4 Å². The van der Waals surface area contributed by atoms with Crippen LogP contribution in [0.15, 0.2) is 36.9 Å². The highest BCUT2D eigenvalue weighted by Crippen LogP contribution is 2.37. The Hall–Kier alpha value is -2.88. The number of carbonyl (C=O) groups excluding carboxylic acids is 1. The van der Waals surface area contributed by atoms with E-state index in [4.69, 9.17) is 4.78 Å². The minimum Gasteiger partial charge on any atom is -0.382 e. The molecule has 0 radical (unpaired) electrons. The SMILES string of the molecule is C=C(c1nc(/C=C/CNC(=O)C2CC2)cc2c(NC3CCS(=N)(=O)CC3)cccc12)C(F)(F)F. The molecule has 1 saturated carbocycles. The van der Waals surface area contributed by atoms with Crippen LogP contribution in [-0.2, 0) is 14.5 Å². The van der Waals surface area contributed by atoms with Gasteiger partial charge in [-0.3, -0.25) is 9.57 Å². The molecule has 4 rings (SSSR count). The van der Waals surface area contributed by atoms with E-state index in [1.165, 1.54) is 0 Å². The van der Waals surface area contributed by atoms with Crippen molar-refractivity contribution < 1.29 is 22.2 Å². The molecule has 182 valence electrons. The zero-order valence-corrected chi connectivity index (χ0v) is 19.4. The third-order valence-corrected chi connectivity index (χ3v) is 7.90. The van der Waals surface area contributed by atoms with Gasteiger partial charge in [-0.1, -0.05) is 24.8 Å². The van der Waals surface area contributed by atoms with Gasteiger partial charge in [-0.05, 0) is 43.9 Å². The number of aromatic nitrogens is 1. The van der Waals surface area contributed by atoms with Crippen molar-refractivity contribution in [3.63, 3.8) is 0 Å². The number of benzene rings is 1. The lowest BCUT2D eigenvalue weighted by molar-refractivity contribution is -0.122. The van der Waals surface area contributed by atoms with Crippen LogP contribution in [0, 0.1) is 10.7 Å². The minimum atomic E-state index is -4.64. The molecular formula is C24H27F3N4O2S. The molecule has 1 aliphatic carbocycles. The predicted molar refractivity (Wildman–Crippen MR) is 129 cm³/mol. The normalized spacial score (nSPS) is 23.2. The van der Waals surface area contributed by atoms with E-state index in [1.807, 2.05) is 0 Å². The Morgan fingerprint density at radius 2 is 1.91 bits per heavy atom. The molecule has 2 fully saturated rings. The molecule has 0 atom stereocenters. The standard InChI is InChI=1S/C24H27F3N4O2S/c1-15(24(25,26)27)22-19-5-2-6-21(30-17-9-12-34(28,33)13-10-17)20(19)14-18(31-22)4-3-11-29-23(32)16-7-8-16/h2-6,14,16-17,28,30H,1,7-13H2,(H,29,32)/b4-3+. The van der Waals surface area contributed by atoms with Gasteiger partial charge in [0.1, 0.15) is 0 Å². The second-order valence-corrected chi connectivity index (χ2v) is 11.3. The zero-order valence-electron chi connectivity index (χ0n) is 18.6. The van der Waals surface area contributed by atoms with E-state index >= 15 is 0 Å². The molecule has 1 aromatic carbocycles. The van der Waals surface area contributed by atoms with Crippen LogP contribution in [0.4, 0.5) is 18.9 Å². The number of alkyl halides is 3. The van der Waals surface area contributed by atoms with Gasteiger partial charge < -0.3 is 10.6 Å². The van der Waals surface area contributed by atoms with Crippen molar-refractivity contribution in [1.29, 1.82) is 4.78 Å². The number of fused-ring (bicyclic) bond motifs is 1. The average Bonchev–Trinajstić information content (AvgIpc) is 3.62. The van der Waals surface area contributed by atoms with Gasteiger partial charge in [0.15, 0.2) is 0 Å². The molecule has 1 aromatic heterocycles. The van der Waals surface area contributed by atoms with Gasteiger partial charge in [-0.25, -0.2) is 9.19 Å². The second-order valence-electron chi connectivity index (χ2n) is 8.83. The van der Waals surface area contributed by atoms with E-state index in [0.29, 0.717) is 46.5 Å². The van der Waals surface area contributed by atoms with Crippen LogP contribution in [0.1, 0.15) is 37.1 Å². The Balaban J connectivity index is 1.65. The summed E-state index contributed by atoms with van der Waals surface area (Å²) in [6.45, 7) is 3.52. The minimum absolute atomic E-state index is 0.0159. The van der Waals surface area contributed by atoms with Gasteiger partial charge in [-0.15, -0.1) is 0 Å². The van der Waals surface area contributed by atoms with Crippen molar-refractivity contribution >= 4 is 43.7 Å². The molecule has 2 heterocycles. The molecule has 2 aliphatic rings. The van der Waals surface area contributed by atoms with E-state index in [-0.39, 0.29) is 30.1 Å². The Bertz CT molecular complexity index is 1240. The van der Waals surface area contributed by atoms with Gasteiger partial charge in [0.25, 0.3) is 0 Å². The van der Waals surface area contributed by atoms with Crippen LogP contribution in [0.5, 0.6) is 0 Å². The number of pyridine rings is 1. The van der Waals surface area contributed by atoms with E-state index in [0.717, 1.165) is 12.8 Å². The molecular weight excluding hydrogens is 465 g/mol. The number of rotatable bonds is 7. The molecule has 0 spiro atoms. The monoisotopic (exact) mass is 492 g/mol. The summed E-state index contributed by atoms with van der Waals surface area (Å²) in [7, 11) is -2.54. The lowest BCUT2D eigenvalue weighted by Crippen LogP contribution is -2.31. The summed E-state index contributed by atoms with van der Waals surface area (Å²) in [5.41, 5.74) is -0.302. The van der Waals surface area contributed by atoms with Crippen molar-refractivity contribution in [3.8, 4) is 0 Å². The quantitative estimate of drug-likeness (QED) is 0.509. The number of nitrogens with zero attached hydrogens (tertiary/aromatic N) is 1. The van der Waals surface area contributed by atoms with E-state index < -0.39 is 21.5 Å². The Morgan fingerprint density at radius 1 is 1.21 bits per heavy atom. The topological polar surface area (TPSA) is 94.9 Å². The van der Waals surface area contributed by atoms with Crippen LogP contribution in [0.2, 0.25) is 0 Å². The summed E-state index contributed by atoms with van der Waals surface area (Å²) in [5.74, 6) is 0.657. The third-order valence-electron chi connectivity index (χ3n) is 6.11. The Kier molecular flexibility index (Phi) is 6.71. The van der Waals surface area contributed by atoms with Crippen LogP contribution in [0.3, 0.4) is 0 Å². The third kappa shape index (κ3) is 5.78. The maximum atomic E-state index is 13.6. The van der Waals surface area contributed by atoms with Crippen LogP contribution < -0.4 is 10.6 Å². The maximum Gasteiger partial charge on any atom is 0.417 e. The Labute approximate surface area is 196 Å². The number of hydrogen-bond acceptors (Lipinski definition) is 5. The summed E-state index contributed by atoms with van der Waals surface area (Å²) in [6, 6.07) is 6.72. The molecule has 1 aliphatic heterocycles. The number of nitrogens with one attached hydrogen (secondary N) is 3. The largest absolute Gasteiger partial charge is 0.417 e. The number of halogens is 3. The molecule has 1 saturated heterocycles. The van der Waals surface area contributed by atoms with Crippen LogP contribution >= 0.6 is 0 Å². The zero-order chi connectivity index (χ0) is 24.5. The highest BCUT2D eigenvalue weighted by Gasteiger charge is 2.35. The first-order chi connectivity index (χ1) is 16.0. The number of hydrogen-bond donors (Lipinski definition) is 3. The summed E-state index contributed by atoms with van der Waals surface area (Å²) in [5, 5.41) is 7.04. The fraction of sp³-hybridized carbons (Fsp3) is 0.417. The molecule has 34 heavy (non-hydrogen) atoms. The van der Waals surface area contributed by atoms with Gasteiger partial charge >= 0.3 is 6.18 Å². The molecule has 10 heteroatoms. The summed E-state index contributed by atoms with van der Waals surface area (Å²) >= 11 is 0. The van der Waals surface area contributed by atoms with Gasteiger partial charge in [0.2, 0.25) is 5.91 Å². The fourth-order valence-corrected chi connectivity index (χ4v) is 5.51. The smallest absolute Gasteiger partial charge is 0.382 e. The number of amides is 1. The molecule has 0 unspecified atom stereocenters. The first-order valence-electron chi connectivity index (χ1n) is 11.2. The molecule has 6 nitrogen and oxygen atoms in total. The van der Waals surface area contributed by atoms with Crippen molar-refractivity contribution in [2.45, 2.75) is 37.9 Å². The van der Waals surface area contributed by atoms with Gasteiger partial charge in [-0.2, -0.15) is 13.2 Å². The summed E-state index contributed by atoms with van der Waals surface area (Å²) in [4.78, 5) is 16.0. The lowest BCUT2D eigenvalue weighted by Gasteiger charge is -2.26. The highest BCUT2D eigenvalue weighted by atomic mass is 32.2. The first kappa shape index (κ1) is 24.3. The second kappa shape index (κ2) is 9.40. The summed E-state index contributed by atoms with van der Waals surface area (Å²) in [6.07, 6.45) is 1.50. The van der Waals surface area contributed by atoms with Crippen molar-refractivity contribution in [3.05, 3.63) is 48.3 Å². The Morgan fingerprint density at radius 3 is 2.56 bits per heavy atom. The number of carbonyl (C=O) groups is 1. The van der Waals surface area contributed by atoms with E-state index in [9.17, 15) is 22.2 Å². The van der Waals surface area contributed by atoms with Gasteiger partial charge in [0.05, 0.1) is 17.0 Å². The maximum absolute atomic E-state index is 13.6. The lowest BCUT2D eigenvalue weighted by atomic mass is 10.0. The molecule has 3 N–H and O–H groups in total. The van der Waals surface area contributed by atoms with Crippen LogP contribution in [-0.4, -0.2) is 45.4 Å². The van der Waals surface area contributed by atoms with Crippen molar-refractivity contribution in [1.82, 2.24) is 10.3 Å². The summed E-state index contributed by atoms with van der Waals surface area (Å²) < 4.78 is 60.4. The average molecular weight is 493 g/mol. The van der Waals surface area contributed by atoms with Gasteiger partial charge in [0, 0.05) is 56.2 Å². The molecule has 1 amide bonds. The fourth-order valence-electron chi connectivity index (χ4n) is 3.98. The highest BCUT2D eigenvalue weighted by molar-refractivity contribution is 7.92. The van der Waals surface area contributed by atoms with Crippen molar-refractivity contribution in [2.24, 2.45) is 5.92 Å². The molecule has 0 bridgehead atoms. The predicted octanol–water partition coefficient (Wildman–Crippen LogP) is 4.97. The number of anilines is 1. The van der Waals surface area contributed by atoms with E-state index in [1.54, 1.807) is 36.4 Å².